The van der Waals surface area contributed by atoms with Gasteiger partial charge in [-0.3, -0.25) is 4.79 Å². The molecular formula is C13H26O3. The van der Waals surface area contributed by atoms with E-state index in [2.05, 4.69) is 20.8 Å². The summed E-state index contributed by atoms with van der Waals surface area (Å²) in [6.07, 6.45) is 5.63. The average molecular weight is 230 g/mol. The summed E-state index contributed by atoms with van der Waals surface area (Å²) >= 11 is 0. The van der Waals surface area contributed by atoms with Gasteiger partial charge in [0, 0.05) is 0 Å². The minimum atomic E-state index is -0.666. The van der Waals surface area contributed by atoms with Crippen molar-refractivity contribution in [3.63, 3.8) is 0 Å². The molecule has 0 aromatic carbocycles. The first kappa shape index (κ1) is 15.6. The van der Waals surface area contributed by atoms with E-state index in [0.717, 1.165) is 25.5 Å². The largest absolute Gasteiger partial charge is 0.346 e. The lowest BCUT2D eigenvalue weighted by atomic mass is 10.1. The van der Waals surface area contributed by atoms with Gasteiger partial charge < -0.3 is 9.47 Å². The summed E-state index contributed by atoms with van der Waals surface area (Å²) < 4.78 is 10.6. The van der Waals surface area contributed by atoms with Gasteiger partial charge in [0.05, 0.1) is 13.2 Å². The smallest absolute Gasteiger partial charge is 0.214 e. The van der Waals surface area contributed by atoms with Crippen LogP contribution in [-0.4, -0.2) is 25.8 Å². The van der Waals surface area contributed by atoms with Crippen LogP contribution in [-0.2, 0) is 14.3 Å². The number of aldehydes is 1. The molecule has 0 heterocycles. The molecule has 3 nitrogen and oxygen atoms in total. The van der Waals surface area contributed by atoms with E-state index in [1.54, 1.807) is 0 Å². The lowest BCUT2D eigenvalue weighted by Gasteiger charge is -2.13. The Kier molecular flexibility index (Phi) is 10.8. The number of ether oxygens (including phenoxy) is 2. The fraction of sp³-hybridized carbons (Fsp3) is 0.923. The van der Waals surface area contributed by atoms with Crippen molar-refractivity contribution in [2.45, 2.75) is 59.2 Å². The van der Waals surface area contributed by atoms with Crippen LogP contribution in [0.4, 0.5) is 0 Å². The highest BCUT2D eigenvalue weighted by atomic mass is 16.7. The van der Waals surface area contributed by atoms with Gasteiger partial charge >= 0.3 is 0 Å². The second-order valence-corrected chi connectivity index (χ2v) is 4.49. The topological polar surface area (TPSA) is 35.5 Å². The molecule has 0 bridgehead atoms. The molecule has 0 rings (SSSR count). The first-order chi connectivity index (χ1) is 7.70. The lowest BCUT2D eigenvalue weighted by molar-refractivity contribution is -0.159. The zero-order chi connectivity index (χ0) is 12.2. The van der Waals surface area contributed by atoms with Gasteiger partial charge in [-0.1, -0.05) is 40.0 Å². The highest BCUT2D eigenvalue weighted by molar-refractivity contribution is 5.53. The fourth-order valence-electron chi connectivity index (χ4n) is 1.27. The molecule has 3 heteroatoms. The van der Waals surface area contributed by atoms with E-state index in [1.165, 1.54) is 12.8 Å². The van der Waals surface area contributed by atoms with Gasteiger partial charge in [0.1, 0.15) is 0 Å². The van der Waals surface area contributed by atoms with Crippen molar-refractivity contribution in [2.75, 3.05) is 13.2 Å². The number of hydrogen-bond donors (Lipinski definition) is 0. The van der Waals surface area contributed by atoms with Gasteiger partial charge in [0.2, 0.25) is 6.29 Å². The van der Waals surface area contributed by atoms with Crippen LogP contribution in [0, 0.1) is 5.92 Å². The highest BCUT2D eigenvalue weighted by Crippen LogP contribution is 2.03. The van der Waals surface area contributed by atoms with Crippen molar-refractivity contribution in [1.29, 1.82) is 0 Å². The molecule has 0 aliphatic heterocycles. The molecule has 0 aromatic heterocycles. The van der Waals surface area contributed by atoms with Gasteiger partial charge in [0.25, 0.3) is 0 Å². The lowest BCUT2D eigenvalue weighted by Crippen LogP contribution is -2.20. The molecule has 1 atom stereocenters. The Morgan fingerprint density at radius 3 is 2.31 bits per heavy atom. The molecule has 0 saturated heterocycles. The van der Waals surface area contributed by atoms with Crippen LogP contribution in [0.5, 0.6) is 0 Å². The number of carbonyl (C=O) groups excluding carboxylic acids is 1. The van der Waals surface area contributed by atoms with Gasteiger partial charge in [-0.2, -0.15) is 0 Å². The molecule has 16 heavy (non-hydrogen) atoms. The number of rotatable bonds is 11. The van der Waals surface area contributed by atoms with Crippen LogP contribution in [0.15, 0.2) is 0 Å². The molecule has 0 fully saturated rings. The highest BCUT2D eigenvalue weighted by Gasteiger charge is 2.07. The van der Waals surface area contributed by atoms with Crippen LogP contribution in [0.2, 0.25) is 0 Å². The molecule has 0 amide bonds. The number of hydrogen-bond acceptors (Lipinski definition) is 3. The maximum Gasteiger partial charge on any atom is 0.214 e. The Hall–Kier alpha value is -0.410. The maximum absolute atomic E-state index is 10.7. The Balaban J connectivity index is 3.40. The van der Waals surface area contributed by atoms with Crippen molar-refractivity contribution in [1.82, 2.24) is 0 Å². The molecule has 1 unspecified atom stereocenters. The van der Waals surface area contributed by atoms with E-state index >= 15 is 0 Å². The van der Waals surface area contributed by atoms with Crippen molar-refractivity contribution in [3.05, 3.63) is 0 Å². The van der Waals surface area contributed by atoms with E-state index in [0.29, 0.717) is 19.1 Å². The third-order valence-electron chi connectivity index (χ3n) is 2.37. The summed E-state index contributed by atoms with van der Waals surface area (Å²) in [7, 11) is 0. The SMILES string of the molecule is CCCCCCOC(C=O)OCCC(C)C. The van der Waals surface area contributed by atoms with Gasteiger partial charge in [-0.25, -0.2) is 0 Å². The Labute approximate surface area is 99.5 Å². The normalized spacial score (nSPS) is 13.0. The second kappa shape index (κ2) is 11.1. The van der Waals surface area contributed by atoms with Crippen molar-refractivity contribution in [3.8, 4) is 0 Å². The summed E-state index contributed by atoms with van der Waals surface area (Å²) in [5, 5.41) is 0. The summed E-state index contributed by atoms with van der Waals surface area (Å²) in [5.41, 5.74) is 0. The third kappa shape index (κ3) is 10.1. The van der Waals surface area contributed by atoms with Gasteiger partial charge in [-0.15, -0.1) is 0 Å². The van der Waals surface area contributed by atoms with E-state index < -0.39 is 6.29 Å². The number of carbonyl (C=O) groups is 1. The van der Waals surface area contributed by atoms with E-state index in [-0.39, 0.29) is 0 Å². The summed E-state index contributed by atoms with van der Waals surface area (Å²) in [6.45, 7) is 7.64. The summed E-state index contributed by atoms with van der Waals surface area (Å²) in [4.78, 5) is 10.7. The fourth-order valence-corrected chi connectivity index (χ4v) is 1.27. The third-order valence-corrected chi connectivity index (χ3v) is 2.37. The van der Waals surface area contributed by atoms with Crippen molar-refractivity contribution in [2.24, 2.45) is 5.92 Å². The first-order valence-electron chi connectivity index (χ1n) is 6.39. The molecule has 0 aromatic rings. The Bertz CT molecular complexity index is 157. The van der Waals surface area contributed by atoms with E-state index in [9.17, 15) is 4.79 Å². The van der Waals surface area contributed by atoms with Crippen LogP contribution < -0.4 is 0 Å². The standard InChI is InChI=1S/C13H26O3/c1-4-5-6-7-9-15-13(11-14)16-10-8-12(2)3/h11-13H,4-10H2,1-3H3. The molecule has 0 N–H and O–H groups in total. The summed E-state index contributed by atoms with van der Waals surface area (Å²) in [6, 6.07) is 0. The molecule has 96 valence electrons. The second-order valence-electron chi connectivity index (χ2n) is 4.49. The zero-order valence-corrected chi connectivity index (χ0v) is 10.9. The van der Waals surface area contributed by atoms with Crippen LogP contribution >= 0.6 is 0 Å². The molecule has 0 saturated carbocycles. The minimum Gasteiger partial charge on any atom is -0.346 e. The maximum atomic E-state index is 10.7. The van der Waals surface area contributed by atoms with E-state index in [1.807, 2.05) is 0 Å². The Morgan fingerprint density at radius 2 is 1.75 bits per heavy atom. The van der Waals surface area contributed by atoms with Gasteiger partial charge in [0.15, 0.2) is 6.29 Å². The molecule has 0 aliphatic rings. The van der Waals surface area contributed by atoms with Crippen molar-refractivity contribution >= 4 is 6.29 Å². The monoisotopic (exact) mass is 230 g/mol. The molecule has 0 spiro atoms. The quantitative estimate of drug-likeness (QED) is 0.311. The predicted octanol–water partition coefficient (Wildman–Crippen LogP) is 3.17. The van der Waals surface area contributed by atoms with Crippen LogP contribution in [0.25, 0.3) is 0 Å². The zero-order valence-electron chi connectivity index (χ0n) is 10.9. The van der Waals surface area contributed by atoms with Crippen LogP contribution in [0.3, 0.4) is 0 Å². The molecular weight excluding hydrogens is 204 g/mol. The summed E-state index contributed by atoms with van der Waals surface area (Å²) in [5.74, 6) is 0.594. The predicted molar refractivity (Wildman–Crippen MR) is 65.4 cm³/mol. The average Bonchev–Trinajstić information content (AvgIpc) is 2.26. The van der Waals surface area contributed by atoms with E-state index in [4.69, 9.17) is 9.47 Å². The van der Waals surface area contributed by atoms with Gasteiger partial charge in [-0.05, 0) is 18.8 Å². The Morgan fingerprint density at radius 1 is 1.06 bits per heavy atom. The molecule has 0 radical (unpaired) electrons. The minimum absolute atomic E-state index is 0.593. The molecule has 0 aliphatic carbocycles. The van der Waals surface area contributed by atoms with Crippen molar-refractivity contribution < 1.29 is 14.3 Å². The first-order valence-corrected chi connectivity index (χ1v) is 6.39. The number of unbranched alkanes of at least 4 members (excludes halogenated alkanes) is 3. The van der Waals surface area contributed by atoms with Crippen LogP contribution in [0.1, 0.15) is 52.9 Å².